The van der Waals surface area contributed by atoms with Gasteiger partial charge in [-0.15, -0.1) is 0 Å². The van der Waals surface area contributed by atoms with Crippen LogP contribution in [0.3, 0.4) is 0 Å². The van der Waals surface area contributed by atoms with Gasteiger partial charge in [0.05, 0.1) is 18.7 Å². The summed E-state index contributed by atoms with van der Waals surface area (Å²) in [6.45, 7) is 0.223. The second kappa shape index (κ2) is 7.13. The molecule has 7 nitrogen and oxygen atoms in total. The second-order valence-corrected chi connectivity index (χ2v) is 6.66. The van der Waals surface area contributed by atoms with Gasteiger partial charge in [-0.1, -0.05) is 25.0 Å². The summed E-state index contributed by atoms with van der Waals surface area (Å²) in [5.41, 5.74) is 0.623. The smallest absolute Gasteiger partial charge is 0.326 e. The van der Waals surface area contributed by atoms with Crippen LogP contribution < -0.4 is 15.0 Å². The molecule has 2 amide bonds. The molecular formula is C18H22N2O5. The summed E-state index contributed by atoms with van der Waals surface area (Å²) in [7, 11) is 1.53. The van der Waals surface area contributed by atoms with E-state index in [9.17, 15) is 19.5 Å². The van der Waals surface area contributed by atoms with Crippen LogP contribution in [-0.4, -0.2) is 42.6 Å². The highest BCUT2D eigenvalue weighted by molar-refractivity contribution is 6.01. The normalized spacial score (nSPS) is 21.1. The predicted octanol–water partition coefficient (Wildman–Crippen LogP) is 1.42. The molecule has 0 radical (unpaired) electrons. The lowest BCUT2D eigenvalue weighted by molar-refractivity contribution is -0.142. The van der Waals surface area contributed by atoms with Gasteiger partial charge in [0.2, 0.25) is 11.8 Å². The fraction of sp³-hybridized carbons (Fsp3) is 0.500. The number of para-hydroxylation sites is 2. The van der Waals surface area contributed by atoms with Crippen molar-refractivity contribution < 1.29 is 24.2 Å². The lowest BCUT2D eigenvalue weighted by atomic mass is 10.1. The highest BCUT2D eigenvalue weighted by Crippen LogP contribution is 2.34. The number of nitrogens with one attached hydrogen (secondary N) is 1. The molecule has 1 aromatic carbocycles. The number of amides is 2. The molecule has 7 heteroatoms. The molecule has 1 aliphatic heterocycles. The van der Waals surface area contributed by atoms with Crippen LogP contribution >= 0.6 is 0 Å². The van der Waals surface area contributed by atoms with Gasteiger partial charge in [-0.2, -0.15) is 0 Å². The van der Waals surface area contributed by atoms with Crippen molar-refractivity contribution >= 4 is 23.5 Å². The van der Waals surface area contributed by atoms with Gasteiger partial charge >= 0.3 is 5.97 Å². The van der Waals surface area contributed by atoms with Crippen LogP contribution in [-0.2, 0) is 14.4 Å². The third-order valence-corrected chi connectivity index (χ3v) is 4.75. The molecule has 1 aliphatic carbocycles. The first-order valence-corrected chi connectivity index (χ1v) is 8.46. The number of carboxylic acids is 1. The van der Waals surface area contributed by atoms with Gasteiger partial charge in [-0.05, 0) is 24.5 Å². The summed E-state index contributed by atoms with van der Waals surface area (Å²) in [6, 6.07) is 6.25. The monoisotopic (exact) mass is 346 g/mol. The van der Waals surface area contributed by atoms with E-state index in [4.69, 9.17) is 4.74 Å². The van der Waals surface area contributed by atoms with E-state index >= 15 is 0 Å². The standard InChI is InChI=1S/C18H22N2O5/c1-25-15-5-3-2-4-14(15)20-10-12(9-16(20)21)17(22)19-13(18(23)24)8-11-6-7-11/h2-5,11-13H,6-10H2,1H3,(H,19,22)(H,23,24). The van der Waals surface area contributed by atoms with Crippen molar-refractivity contribution in [2.45, 2.75) is 31.7 Å². The summed E-state index contributed by atoms with van der Waals surface area (Å²) < 4.78 is 5.28. The molecule has 25 heavy (non-hydrogen) atoms. The number of carbonyl (C=O) groups is 3. The number of benzene rings is 1. The van der Waals surface area contributed by atoms with Gasteiger partial charge in [0.15, 0.2) is 0 Å². The number of hydrogen-bond acceptors (Lipinski definition) is 4. The predicted molar refractivity (Wildman–Crippen MR) is 90.4 cm³/mol. The van der Waals surface area contributed by atoms with E-state index in [1.54, 1.807) is 18.2 Å². The third kappa shape index (κ3) is 3.92. The van der Waals surface area contributed by atoms with Crippen molar-refractivity contribution in [1.82, 2.24) is 5.32 Å². The van der Waals surface area contributed by atoms with Gasteiger partial charge in [0, 0.05) is 13.0 Å². The maximum Gasteiger partial charge on any atom is 0.326 e. The molecule has 1 aromatic rings. The van der Waals surface area contributed by atoms with E-state index in [0.29, 0.717) is 23.8 Å². The Morgan fingerprint density at radius 1 is 1.36 bits per heavy atom. The van der Waals surface area contributed by atoms with Crippen molar-refractivity contribution in [2.75, 3.05) is 18.6 Å². The average Bonchev–Trinajstić information content (AvgIpc) is 3.33. The lowest BCUT2D eigenvalue weighted by Gasteiger charge is -2.20. The molecule has 2 N–H and O–H groups in total. The first-order chi connectivity index (χ1) is 12.0. The molecule has 1 saturated carbocycles. The molecule has 2 atom stereocenters. The quantitative estimate of drug-likeness (QED) is 0.778. The van der Waals surface area contributed by atoms with Gasteiger partial charge in [-0.3, -0.25) is 9.59 Å². The Morgan fingerprint density at radius 3 is 2.72 bits per heavy atom. The molecule has 1 heterocycles. The minimum Gasteiger partial charge on any atom is -0.495 e. The van der Waals surface area contributed by atoms with Crippen LogP contribution in [0.1, 0.15) is 25.7 Å². The minimum absolute atomic E-state index is 0.0691. The fourth-order valence-corrected chi connectivity index (χ4v) is 3.17. The van der Waals surface area contributed by atoms with Gasteiger partial charge in [0.1, 0.15) is 11.8 Å². The topological polar surface area (TPSA) is 95.9 Å². The zero-order chi connectivity index (χ0) is 18.0. The molecule has 1 saturated heterocycles. The number of aliphatic carboxylic acids is 1. The Kier molecular flexibility index (Phi) is 4.92. The molecule has 0 spiro atoms. The van der Waals surface area contributed by atoms with Gasteiger partial charge < -0.3 is 20.1 Å². The van der Waals surface area contributed by atoms with Crippen LogP contribution in [0.25, 0.3) is 0 Å². The molecule has 134 valence electrons. The summed E-state index contributed by atoms with van der Waals surface area (Å²) in [4.78, 5) is 37.7. The highest BCUT2D eigenvalue weighted by Gasteiger charge is 2.38. The van der Waals surface area contributed by atoms with Crippen LogP contribution in [0, 0.1) is 11.8 Å². The Balaban J connectivity index is 1.66. The molecule has 2 aliphatic rings. The summed E-state index contributed by atoms with van der Waals surface area (Å²) in [5, 5.41) is 11.9. The fourth-order valence-electron chi connectivity index (χ4n) is 3.17. The number of nitrogens with zero attached hydrogens (tertiary/aromatic N) is 1. The molecule has 0 bridgehead atoms. The van der Waals surface area contributed by atoms with Crippen molar-refractivity contribution in [1.29, 1.82) is 0 Å². The molecule has 2 unspecified atom stereocenters. The molecule has 2 fully saturated rings. The first-order valence-electron chi connectivity index (χ1n) is 8.46. The van der Waals surface area contributed by atoms with Crippen molar-refractivity contribution in [3.63, 3.8) is 0 Å². The van der Waals surface area contributed by atoms with Crippen LogP contribution in [0.5, 0.6) is 5.75 Å². The Labute approximate surface area is 146 Å². The number of ether oxygens (including phenoxy) is 1. The van der Waals surface area contributed by atoms with E-state index in [2.05, 4.69) is 5.32 Å². The summed E-state index contributed by atoms with van der Waals surface area (Å²) >= 11 is 0. The molecule has 0 aromatic heterocycles. The zero-order valence-electron chi connectivity index (χ0n) is 14.1. The maximum atomic E-state index is 12.5. The lowest BCUT2D eigenvalue weighted by Crippen LogP contribution is -2.44. The third-order valence-electron chi connectivity index (χ3n) is 4.75. The number of carboxylic acid groups (broad SMARTS) is 1. The van der Waals surface area contributed by atoms with Crippen LogP contribution in [0.15, 0.2) is 24.3 Å². The maximum absolute atomic E-state index is 12.5. The highest BCUT2D eigenvalue weighted by atomic mass is 16.5. The van der Waals surface area contributed by atoms with Crippen molar-refractivity contribution in [3.05, 3.63) is 24.3 Å². The molecular weight excluding hydrogens is 324 g/mol. The van der Waals surface area contributed by atoms with Crippen molar-refractivity contribution in [2.24, 2.45) is 11.8 Å². The molecule has 3 rings (SSSR count). The van der Waals surface area contributed by atoms with Crippen LogP contribution in [0.4, 0.5) is 5.69 Å². The average molecular weight is 346 g/mol. The summed E-state index contributed by atoms with van der Waals surface area (Å²) in [6.07, 6.45) is 2.56. The SMILES string of the molecule is COc1ccccc1N1CC(C(=O)NC(CC2CC2)C(=O)O)CC1=O. The minimum atomic E-state index is -1.02. The Hall–Kier alpha value is -2.57. The zero-order valence-corrected chi connectivity index (χ0v) is 14.1. The van der Waals surface area contributed by atoms with E-state index in [1.807, 2.05) is 6.07 Å². The van der Waals surface area contributed by atoms with E-state index < -0.39 is 17.9 Å². The number of anilines is 1. The van der Waals surface area contributed by atoms with Crippen LogP contribution in [0.2, 0.25) is 0 Å². The van der Waals surface area contributed by atoms with Gasteiger partial charge in [-0.25, -0.2) is 4.79 Å². The van der Waals surface area contributed by atoms with E-state index in [1.165, 1.54) is 12.0 Å². The number of hydrogen-bond donors (Lipinski definition) is 2. The van der Waals surface area contributed by atoms with E-state index in [-0.39, 0.29) is 24.8 Å². The van der Waals surface area contributed by atoms with Crippen molar-refractivity contribution in [3.8, 4) is 5.75 Å². The van der Waals surface area contributed by atoms with E-state index in [0.717, 1.165) is 12.8 Å². The summed E-state index contributed by atoms with van der Waals surface area (Å²) in [5.74, 6) is -1.17. The Morgan fingerprint density at radius 2 is 2.08 bits per heavy atom. The first kappa shape index (κ1) is 17.3. The number of methoxy groups -OCH3 is 1. The second-order valence-electron chi connectivity index (χ2n) is 6.66. The van der Waals surface area contributed by atoms with Gasteiger partial charge in [0.25, 0.3) is 0 Å². The largest absolute Gasteiger partial charge is 0.495 e. The number of rotatable bonds is 7. The number of carbonyl (C=O) groups excluding carboxylic acids is 2. The Bertz CT molecular complexity index is 686.